The number of carbonyl (C=O) groups is 1. The molecule has 1 atom stereocenters. The fraction of sp³-hybridized carbons (Fsp3) is 0.739. The van der Waals surface area contributed by atoms with Gasteiger partial charge in [0.05, 0.1) is 0 Å². The zero-order valence-corrected chi connectivity index (χ0v) is 17.4. The van der Waals surface area contributed by atoms with Crippen LogP contribution in [0.4, 0.5) is 0 Å². The number of unbranched alkanes of at least 4 members (excludes halogenated alkanes) is 8. The van der Waals surface area contributed by atoms with Crippen LogP contribution >= 0.6 is 0 Å². The Morgan fingerprint density at radius 2 is 1.31 bits per heavy atom. The highest BCUT2D eigenvalue weighted by Gasteiger charge is 2.04. The van der Waals surface area contributed by atoms with Gasteiger partial charge in [0.25, 0.3) is 0 Å². The van der Waals surface area contributed by atoms with Crippen LogP contribution in [0.1, 0.15) is 97.8 Å². The van der Waals surface area contributed by atoms with Crippen LogP contribution in [0, 0.1) is 5.92 Å². The molecule has 0 saturated heterocycles. The molecule has 3 heteroatoms. The number of rotatable bonds is 14. The molecule has 0 N–H and O–H groups in total. The molecule has 0 aromatic carbocycles. The maximum Gasteiger partial charge on any atom is 0.168 e. The molecular weight excluding hydrogens is 322 g/mol. The number of carboxylic acid groups (broad SMARTS) is 1. The highest BCUT2D eigenvalue weighted by atomic mass is 16.4. The van der Waals surface area contributed by atoms with E-state index in [9.17, 15) is 0 Å². The first-order valence-electron chi connectivity index (χ1n) is 10.7. The summed E-state index contributed by atoms with van der Waals surface area (Å²) < 4.78 is 2.30. The molecule has 0 fully saturated rings. The van der Waals surface area contributed by atoms with Crippen molar-refractivity contribution in [1.29, 1.82) is 0 Å². The van der Waals surface area contributed by atoms with E-state index in [1.54, 1.807) is 0 Å². The van der Waals surface area contributed by atoms with E-state index < -0.39 is 5.97 Å². The largest absolute Gasteiger partial charge is 0.550 e. The second-order valence-electron chi connectivity index (χ2n) is 7.47. The smallest absolute Gasteiger partial charge is 0.168 e. The minimum absolute atomic E-state index is 0.897. The zero-order valence-electron chi connectivity index (χ0n) is 17.4. The van der Waals surface area contributed by atoms with Gasteiger partial charge in [-0.3, -0.25) is 0 Å². The van der Waals surface area contributed by atoms with E-state index in [2.05, 4.69) is 49.0 Å². The third kappa shape index (κ3) is 19.0. The molecule has 1 aromatic heterocycles. The Kier molecular flexibility index (Phi) is 17.4. The van der Waals surface area contributed by atoms with Crippen LogP contribution in [0.3, 0.4) is 0 Å². The summed E-state index contributed by atoms with van der Waals surface area (Å²) >= 11 is 0. The first-order chi connectivity index (χ1) is 12.6. The monoisotopic (exact) mass is 363 g/mol. The lowest BCUT2D eigenvalue weighted by molar-refractivity contribution is -0.697. The molecular formula is C23H41NO2. The highest BCUT2D eigenvalue weighted by Crippen LogP contribution is 2.16. The van der Waals surface area contributed by atoms with Crippen molar-refractivity contribution in [2.45, 2.75) is 104 Å². The quantitative estimate of drug-likeness (QED) is 0.342. The number of aromatic nitrogens is 1. The molecule has 0 aliphatic heterocycles. The number of carbonyl (C=O) groups excluding carboxylic acids is 1. The molecule has 0 unspecified atom stereocenters. The van der Waals surface area contributed by atoms with Crippen LogP contribution < -0.4 is 9.67 Å². The number of hydrogen-bond acceptors (Lipinski definition) is 2. The Morgan fingerprint density at radius 3 is 1.85 bits per heavy atom. The lowest BCUT2D eigenvalue weighted by Crippen LogP contribution is -2.32. The molecule has 1 aromatic rings. The molecule has 1 heterocycles. The Hall–Kier alpha value is -1.38. The maximum atomic E-state index is 8.89. The van der Waals surface area contributed by atoms with Gasteiger partial charge in [-0.25, -0.2) is 4.57 Å². The molecule has 0 radical (unpaired) electrons. The lowest BCUT2D eigenvalue weighted by atomic mass is 9.97. The van der Waals surface area contributed by atoms with Crippen LogP contribution in [0.25, 0.3) is 0 Å². The fourth-order valence-electron chi connectivity index (χ4n) is 3.15. The fourth-order valence-corrected chi connectivity index (χ4v) is 3.15. The third-order valence-corrected chi connectivity index (χ3v) is 4.69. The summed E-state index contributed by atoms with van der Waals surface area (Å²) in [6.45, 7) is 6.86. The summed E-state index contributed by atoms with van der Waals surface area (Å²) in [7, 11) is 0. The van der Waals surface area contributed by atoms with Gasteiger partial charge in [-0.1, -0.05) is 84.1 Å². The van der Waals surface area contributed by atoms with Crippen molar-refractivity contribution in [3.63, 3.8) is 0 Å². The van der Waals surface area contributed by atoms with Crippen LogP contribution in [-0.4, -0.2) is 5.97 Å². The predicted molar refractivity (Wildman–Crippen MR) is 108 cm³/mol. The predicted octanol–water partition coefficient (Wildman–Crippen LogP) is 5.07. The minimum atomic E-state index is -1.08. The SMILES string of the molecule is CC(=O)[O-].CCCCCCCCCCC[C@H](C)CCC[n+]1ccccc1. The number of aliphatic carboxylic acids is 1. The summed E-state index contributed by atoms with van der Waals surface area (Å²) in [4.78, 5) is 8.89. The molecule has 0 saturated carbocycles. The summed E-state index contributed by atoms with van der Waals surface area (Å²) in [5, 5.41) is 8.89. The van der Waals surface area contributed by atoms with Gasteiger partial charge in [0, 0.05) is 24.5 Å². The van der Waals surface area contributed by atoms with E-state index in [0.717, 1.165) is 12.8 Å². The number of pyridine rings is 1. The second-order valence-corrected chi connectivity index (χ2v) is 7.47. The number of hydrogen-bond donors (Lipinski definition) is 0. The number of aryl methyl sites for hydroxylation is 1. The van der Waals surface area contributed by atoms with Crippen LogP contribution in [0.5, 0.6) is 0 Å². The van der Waals surface area contributed by atoms with Crippen LogP contribution in [0.2, 0.25) is 0 Å². The topological polar surface area (TPSA) is 44.0 Å². The van der Waals surface area contributed by atoms with Gasteiger partial charge in [-0.05, 0) is 19.3 Å². The molecule has 0 aliphatic rings. The van der Waals surface area contributed by atoms with E-state index in [1.807, 2.05) is 0 Å². The highest BCUT2D eigenvalue weighted by molar-refractivity contribution is 5.60. The van der Waals surface area contributed by atoms with Gasteiger partial charge in [0.2, 0.25) is 0 Å². The van der Waals surface area contributed by atoms with Gasteiger partial charge in [-0.15, -0.1) is 0 Å². The van der Waals surface area contributed by atoms with Crippen molar-refractivity contribution in [2.24, 2.45) is 5.92 Å². The van der Waals surface area contributed by atoms with E-state index in [1.165, 1.54) is 83.6 Å². The molecule has 150 valence electrons. The van der Waals surface area contributed by atoms with Gasteiger partial charge in [0.15, 0.2) is 12.4 Å². The maximum absolute atomic E-state index is 8.89. The van der Waals surface area contributed by atoms with E-state index in [0.29, 0.717) is 0 Å². The summed E-state index contributed by atoms with van der Waals surface area (Å²) in [5.41, 5.74) is 0. The third-order valence-electron chi connectivity index (χ3n) is 4.69. The Bertz CT molecular complexity index is 415. The van der Waals surface area contributed by atoms with Gasteiger partial charge >= 0.3 is 0 Å². The van der Waals surface area contributed by atoms with Crippen molar-refractivity contribution in [3.8, 4) is 0 Å². The average molecular weight is 364 g/mol. The number of nitrogens with zero attached hydrogens (tertiary/aromatic N) is 1. The van der Waals surface area contributed by atoms with Crippen LogP contribution in [0.15, 0.2) is 30.6 Å². The molecule has 26 heavy (non-hydrogen) atoms. The normalized spacial score (nSPS) is 11.5. The Labute approximate surface area is 161 Å². The van der Waals surface area contributed by atoms with Crippen molar-refractivity contribution in [1.82, 2.24) is 0 Å². The van der Waals surface area contributed by atoms with E-state index >= 15 is 0 Å². The number of carboxylic acids is 1. The van der Waals surface area contributed by atoms with E-state index in [4.69, 9.17) is 9.90 Å². The van der Waals surface area contributed by atoms with Gasteiger partial charge in [-0.2, -0.15) is 0 Å². The van der Waals surface area contributed by atoms with Crippen LogP contribution in [-0.2, 0) is 11.3 Å². The first kappa shape index (κ1) is 24.6. The minimum Gasteiger partial charge on any atom is -0.550 e. The zero-order chi connectivity index (χ0) is 19.5. The molecule has 0 bridgehead atoms. The Balaban J connectivity index is 0.00000141. The molecule has 0 aliphatic carbocycles. The van der Waals surface area contributed by atoms with Crippen molar-refractivity contribution in [3.05, 3.63) is 30.6 Å². The van der Waals surface area contributed by atoms with E-state index in [-0.39, 0.29) is 0 Å². The van der Waals surface area contributed by atoms with Gasteiger partial charge in [0.1, 0.15) is 6.54 Å². The Morgan fingerprint density at radius 1 is 0.846 bits per heavy atom. The van der Waals surface area contributed by atoms with Crippen molar-refractivity contribution in [2.75, 3.05) is 0 Å². The summed E-state index contributed by atoms with van der Waals surface area (Å²) in [6.07, 6.45) is 21.4. The second kappa shape index (κ2) is 18.4. The van der Waals surface area contributed by atoms with Crippen molar-refractivity contribution < 1.29 is 14.5 Å². The molecule has 0 amide bonds. The first-order valence-corrected chi connectivity index (χ1v) is 10.7. The molecule has 3 nitrogen and oxygen atoms in total. The summed E-state index contributed by atoms with van der Waals surface area (Å²) in [5.74, 6) is -0.186. The van der Waals surface area contributed by atoms with Crippen molar-refractivity contribution >= 4 is 5.97 Å². The molecule has 0 spiro atoms. The lowest BCUT2D eigenvalue weighted by Gasteiger charge is -2.10. The summed E-state index contributed by atoms with van der Waals surface area (Å²) in [6, 6.07) is 6.32. The average Bonchev–Trinajstić information content (AvgIpc) is 2.61. The standard InChI is InChI=1S/C21H38N.C2H4O2/c1-3-4-5-6-7-8-9-10-12-16-21(2)17-15-20-22-18-13-11-14-19-22;1-2(3)4/h11,13-14,18-19,21H,3-10,12,15-17,20H2,1-2H3;1H3,(H,3,4)/q+1;/p-1/t21-;/m0./s1. The molecule has 1 rings (SSSR count). The van der Waals surface area contributed by atoms with Gasteiger partial charge < -0.3 is 9.90 Å².